The lowest BCUT2D eigenvalue weighted by Gasteiger charge is -2.24. The van der Waals surface area contributed by atoms with Gasteiger partial charge in [0.1, 0.15) is 23.0 Å². The maximum absolute atomic E-state index is 12.3. The Morgan fingerprint density at radius 1 is 1.35 bits per heavy atom. The molecule has 7 heteroatoms. The monoisotopic (exact) mass is 329 g/mol. The first-order valence-electron chi connectivity index (χ1n) is 7.63. The molecule has 1 saturated carbocycles. The van der Waals surface area contributed by atoms with Crippen LogP contribution >= 0.6 is 11.8 Å². The molecule has 1 aromatic rings. The highest BCUT2D eigenvalue weighted by Crippen LogP contribution is 2.28. The first-order valence-corrected chi connectivity index (χ1v) is 8.51. The van der Waals surface area contributed by atoms with E-state index in [9.17, 15) is 10.1 Å². The number of nitrogens with two attached hydrogens (primary N) is 1. The topological polar surface area (TPSA) is 116 Å². The summed E-state index contributed by atoms with van der Waals surface area (Å²) >= 11 is 1.19. The zero-order valence-electron chi connectivity index (χ0n) is 13.0. The molecule has 0 saturated heterocycles. The number of nitrogens with one attached hydrogen (secondary N) is 1. The van der Waals surface area contributed by atoms with Crippen LogP contribution in [0, 0.1) is 22.7 Å². The van der Waals surface area contributed by atoms with Crippen molar-refractivity contribution in [2.24, 2.45) is 0 Å². The Bertz CT molecular complexity index is 670. The number of rotatable bonds is 4. The molecule has 120 valence electrons. The predicted molar refractivity (Wildman–Crippen MR) is 88.4 cm³/mol. The third-order valence-electron chi connectivity index (χ3n) is 3.87. The molecule has 0 unspecified atom stereocenters. The van der Waals surface area contributed by atoms with Crippen LogP contribution in [0.1, 0.15) is 50.2 Å². The zero-order chi connectivity index (χ0) is 16.8. The summed E-state index contributed by atoms with van der Waals surface area (Å²) in [5.41, 5.74) is 6.13. The van der Waals surface area contributed by atoms with Crippen LogP contribution in [0.2, 0.25) is 0 Å². The van der Waals surface area contributed by atoms with E-state index in [0.717, 1.165) is 25.7 Å². The van der Waals surface area contributed by atoms with Crippen molar-refractivity contribution in [3.8, 4) is 12.1 Å². The lowest BCUT2D eigenvalue weighted by molar-refractivity contribution is -0.121. The molecule has 0 bridgehead atoms. The summed E-state index contributed by atoms with van der Waals surface area (Å²) in [6.07, 6.45) is 5.58. The van der Waals surface area contributed by atoms with E-state index in [-0.39, 0.29) is 34.1 Å². The Kier molecular flexibility index (Phi) is 5.84. The largest absolute Gasteiger partial charge is 0.383 e. The molecule has 1 amide bonds. The van der Waals surface area contributed by atoms with Crippen molar-refractivity contribution in [2.75, 3.05) is 5.73 Å². The zero-order valence-corrected chi connectivity index (χ0v) is 13.8. The van der Waals surface area contributed by atoms with Crippen molar-refractivity contribution < 1.29 is 4.79 Å². The standard InChI is InChI=1S/C16H19N5OS/c1-10(15(22)20-13-5-3-2-4-6-13)23-16-12(9-18)7-11(8-17)14(19)21-16/h7,10,13H,2-6H2,1H3,(H2,19,21)(H,20,22)/t10-/m1/s1. The molecular weight excluding hydrogens is 310 g/mol. The van der Waals surface area contributed by atoms with Crippen LogP contribution in [-0.2, 0) is 4.79 Å². The van der Waals surface area contributed by atoms with Gasteiger partial charge in [-0.1, -0.05) is 31.0 Å². The Morgan fingerprint density at radius 2 is 2.00 bits per heavy atom. The van der Waals surface area contributed by atoms with Crippen LogP contribution in [0.5, 0.6) is 0 Å². The Hall–Kier alpha value is -2.25. The first-order chi connectivity index (χ1) is 11.0. The minimum atomic E-state index is -0.385. The molecule has 6 nitrogen and oxygen atoms in total. The van der Waals surface area contributed by atoms with Gasteiger partial charge in [-0.15, -0.1) is 0 Å². The van der Waals surface area contributed by atoms with Crippen molar-refractivity contribution >= 4 is 23.5 Å². The van der Waals surface area contributed by atoms with Crippen LogP contribution in [0.25, 0.3) is 0 Å². The molecular formula is C16H19N5OS. The Labute approximate surface area is 140 Å². The molecule has 0 aromatic carbocycles. The molecule has 2 rings (SSSR count). The summed E-state index contributed by atoms with van der Waals surface area (Å²) in [5.74, 6) is 0.0180. The molecule has 1 heterocycles. The molecule has 0 radical (unpaired) electrons. The highest BCUT2D eigenvalue weighted by Gasteiger charge is 2.22. The third kappa shape index (κ3) is 4.37. The van der Waals surface area contributed by atoms with Crippen LogP contribution in [0.4, 0.5) is 5.82 Å². The summed E-state index contributed by atoms with van der Waals surface area (Å²) in [6.45, 7) is 1.78. The highest BCUT2D eigenvalue weighted by atomic mass is 32.2. The minimum absolute atomic E-state index is 0.0597. The normalized spacial score (nSPS) is 16.1. The summed E-state index contributed by atoms with van der Waals surface area (Å²) in [7, 11) is 0. The second-order valence-electron chi connectivity index (χ2n) is 5.60. The fourth-order valence-electron chi connectivity index (χ4n) is 2.56. The van der Waals surface area contributed by atoms with E-state index >= 15 is 0 Å². The van der Waals surface area contributed by atoms with Crippen molar-refractivity contribution in [3.63, 3.8) is 0 Å². The third-order valence-corrected chi connectivity index (χ3v) is 4.97. The van der Waals surface area contributed by atoms with Gasteiger partial charge in [0.2, 0.25) is 5.91 Å². The fourth-order valence-corrected chi connectivity index (χ4v) is 3.45. The van der Waals surface area contributed by atoms with Crippen LogP contribution < -0.4 is 11.1 Å². The number of pyridine rings is 1. The summed E-state index contributed by atoms with van der Waals surface area (Å²) in [6, 6.07) is 5.56. The predicted octanol–water partition coefficient (Wildman–Crippen LogP) is 2.34. The van der Waals surface area contributed by atoms with Crippen LogP contribution in [0.15, 0.2) is 11.1 Å². The van der Waals surface area contributed by atoms with Gasteiger partial charge in [0.05, 0.1) is 16.4 Å². The second kappa shape index (κ2) is 7.85. The van der Waals surface area contributed by atoms with Gasteiger partial charge < -0.3 is 11.1 Å². The summed E-state index contributed by atoms with van der Waals surface area (Å²) in [4.78, 5) is 16.4. The lowest BCUT2D eigenvalue weighted by atomic mass is 9.95. The van der Waals surface area contributed by atoms with E-state index in [1.165, 1.54) is 24.2 Å². The van der Waals surface area contributed by atoms with Gasteiger partial charge in [0.15, 0.2) is 0 Å². The van der Waals surface area contributed by atoms with Gasteiger partial charge in [-0.25, -0.2) is 4.98 Å². The molecule has 1 atom stereocenters. The first kappa shape index (κ1) is 17.1. The molecule has 1 aromatic heterocycles. The number of amides is 1. The van der Waals surface area contributed by atoms with Crippen molar-refractivity contribution in [3.05, 3.63) is 17.2 Å². The van der Waals surface area contributed by atoms with E-state index in [0.29, 0.717) is 5.03 Å². The van der Waals surface area contributed by atoms with E-state index < -0.39 is 0 Å². The van der Waals surface area contributed by atoms with Gasteiger partial charge >= 0.3 is 0 Å². The molecule has 23 heavy (non-hydrogen) atoms. The van der Waals surface area contributed by atoms with Gasteiger partial charge in [-0.3, -0.25) is 4.79 Å². The number of hydrogen-bond acceptors (Lipinski definition) is 6. The smallest absolute Gasteiger partial charge is 0.233 e. The van der Waals surface area contributed by atoms with Crippen molar-refractivity contribution in [1.82, 2.24) is 10.3 Å². The molecule has 3 N–H and O–H groups in total. The number of aromatic nitrogens is 1. The van der Waals surface area contributed by atoms with Gasteiger partial charge in [-0.2, -0.15) is 10.5 Å². The Balaban J connectivity index is 2.06. The summed E-state index contributed by atoms with van der Waals surface area (Å²) < 4.78 is 0. The van der Waals surface area contributed by atoms with Gasteiger partial charge in [0.25, 0.3) is 0 Å². The number of nitrogen functional groups attached to an aromatic ring is 1. The summed E-state index contributed by atoms with van der Waals surface area (Å²) in [5, 5.41) is 21.2. The minimum Gasteiger partial charge on any atom is -0.383 e. The van der Waals surface area contributed by atoms with E-state index in [1.54, 1.807) is 6.92 Å². The number of nitrogens with zero attached hydrogens (tertiary/aromatic N) is 3. The van der Waals surface area contributed by atoms with E-state index in [1.807, 2.05) is 12.1 Å². The van der Waals surface area contributed by atoms with Crippen molar-refractivity contribution in [2.45, 2.75) is 55.3 Å². The van der Waals surface area contributed by atoms with Crippen molar-refractivity contribution in [1.29, 1.82) is 10.5 Å². The van der Waals surface area contributed by atoms with Gasteiger partial charge in [0, 0.05) is 6.04 Å². The number of carbonyl (C=O) groups excluding carboxylic acids is 1. The SMILES string of the molecule is C[C@@H](Sc1nc(N)c(C#N)cc1C#N)C(=O)NC1CCCCC1. The highest BCUT2D eigenvalue weighted by molar-refractivity contribution is 8.00. The number of carbonyl (C=O) groups is 1. The lowest BCUT2D eigenvalue weighted by Crippen LogP contribution is -2.40. The molecule has 0 spiro atoms. The fraction of sp³-hybridized carbons (Fsp3) is 0.500. The number of hydrogen-bond donors (Lipinski definition) is 2. The van der Waals surface area contributed by atoms with Crippen LogP contribution in [-0.4, -0.2) is 22.2 Å². The average molecular weight is 329 g/mol. The van der Waals surface area contributed by atoms with Gasteiger partial charge in [-0.05, 0) is 25.8 Å². The maximum atomic E-state index is 12.3. The quantitative estimate of drug-likeness (QED) is 0.819. The molecule has 0 aliphatic heterocycles. The van der Waals surface area contributed by atoms with Crippen LogP contribution in [0.3, 0.4) is 0 Å². The molecule has 1 fully saturated rings. The average Bonchev–Trinajstić information content (AvgIpc) is 2.56. The second-order valence-corrected chi connectivity index (χ2v) is 6.93. The maximum Gasteiger partial charge on any atom is 0.233 e. The number of anilines is 1. The Morgan fingerprint density at radius 3 is 2.61 bits per heavy atom. The van der Waals surface area contributed by atoms with E-state index in [2.05, 4.69) is 10.3 Å². The number of nitriles is 2. The molecule has 1 aliphatic rings. The van der Waals surface area contributed by atoms with E-state index in [4.69, 9.17) is 11.0 Å². The number of thioether (sulfide) groups is 1. The molecule has 1 aliphatic carbocycles.